The van der Waals surface area contributed by atoms with Crippen molar-refractivity contribution in [3.63, 3.8) is 0 Å². The molecule has 1 fully saturated rings. The van der Waals surface area contributed by atoms with E-state index in [0.29, 0.717) is 0 Å². The number of hydrogen-bond acceptors (Lipinski definition) is 3. The van der Waals surface area contributed by atoms with Crippen molar-refractivity contribution < 1.29 is 0 Å². The molecule has 2 aliphatic heterocycles. The molecule has 0 aromatic carbocycles. The summed E-state index contributed by atoms with van der Waals surface area (Å²) in [5, 5.41) is 1.99. The molecular weight excluding hydrogens is 180 g/mol. The second-order valence-electron chi connectivity index (χ2n) is 2.85. The van der Waals surface area contributed by atoms with Gasteiger partial charge in [0.1, 0.15) is 0 Å². The maximum Gasteiger partial charge on any atom is 0.0172 e. The third-order valence-electron chi connectivity index (χ3n) is 1.89. The number of nitrogens with zero attached hydrogens (tertiary/aromatic N) is 1. The maximum absolute atomic E-state index is 3.67. The molecule has 2 heterocycles. The Morgan fingerprint density at radius 3 is 2.31 bits per heavy atom. The van der Waals surface area contributed by atoms with Crippen LogP contribution in [0.25, 0.3) is 0 Å². The maximum atomic E-state index is 3.67. The number of allylic oxidation sites excluding steroid dienone is 2. The van der Waals surface area contributed by atoms with Crippen LogP contribution in [0.1, 0.15) is 12.8 Å². The lowest BCUT2D eigenvalue weighted by atomic mass is 10.4. The highest BCUT2D eigenvalue weighted by atomic mass is 32.2. The van der Waals surface area contributed by atoms with Crippen molar-refractivity contribution in [2.24, 2.45) is 0 Å². The molecule has 0 aliphatic carbocycles. The van der Waals surface area contributed by atoms with E-state index in [2.05, 4.69) is 16.2 Å². The third-order valence-corrected chi connectivity index (χ3v) is 2.45. The molecule has 3 heteroatoms. The first-order chi connectivity index (χ1) is 6.43. The Kier molecular flexibility index (Phi) is 5.25. The summed E-state index contributed by atoms with van der Waals surface area (Å²) in [6.45, 7) is 6.12. The van der Waals surface area contributed by atoms with E-state index in [1.165, 1.54) is 25.9 Å². The molecule has 2 aliphatic rings. The van der Waals surface area contributed by atoms with E-state index in [-0.39, 0.29) is 0 Å². The fourth-order valence-electron chi connectivity index (χ4n) is 1.18. The van der Waals surface area contributed by atoms with Crippen LogP contribution in [0.3, 0.4) is 0 Å². The molecule has 72 valence electrons. The smallest absolute Gasteiger partial charge is 0.0172 e. The highest BCUT2D eigenvalue weighted by Crippen LogP contribution is 2.05. The summed E-state index contributed by atoms with van der Waals surface area (Å²) in [6, 6.07) is 0. The molecule has 0 aromatic rings. The molecule has 0 unspecified atom stereocenters. The lowest BCUT2D eigenvalue weighted by Crippen LogP contribution is -2.08. The van der Waals surface area contributed by atoms with Crippen LogP contribution in [0.15, 0.2) is 36.5 Å². The van der Waals surface area contributed by atoms with Crippen LogP contribution < -0.4 is 4.72 Å². The van der Waals surface area contributed by atoms with Gasteiger partial charge in [0, 0.05) is 19.3 Å². The van der Waals surface area contributed by atoms with E-state index in [9.17, 15) is 0 Å². The van der Waals surface area contributed by atoms with Crippen molar-refractivity contribution >= 4 is 11.9 Å². The average Bonchev–Trinajstić information content (AvgIpc) is 2.74. The van der Waals surface area contributed by atoms with Crippen LogP contribution in [0.2, 0.25) is 0 Å². The van der Waals surface area contributed by atoms with Gasteiger partial charge in [-0.3, -0.25) is 0 Å². The van der Waals surface area contributed by atoms with Crippen LogP contribution in [0.4, 0.5) is 0 Å². The van der Waals surface area contributed by atoms with Gasteiger partial charge >= 0.3 is 0 Å². The molecule has 0 atom stereocenters. The fraction of sp³-hybridized carbons (Fsp3) is 0.400. The van der Waals surface area contributed by atoms with E-state index in [4.69, 9.17) is 0 Å². The topological polar surface area (TPSA) is 15.3 Å². The first kappa shape index (κ1) is 10.3. The van der Waals surface area contributed by atoms with Crippen LogP contribution >= 0.6 is 11.9 Å². The minimum absolute atomic E-state index is 1.23. The number of likely N-dealkylation sites (tertiary alicyclic amines) is 1. The summed E-state index contributed by atoms with van der Waals surface area (Å²) >= 11 is 1.58. The normalized spacial score (nSPS) is 18.9. The first-order valence-electron chi connectivity index (χ1n) is 4.53. The molecule has 13 heavy (non-hydrogen) atoms. The largest absolute Gasteiger partial charge is 0.378 e. The van der Waals surface area contributed by atoms with Crippen LogP contribution in [-0.4, -0.2) is 18.0 Å². The van der Waals surface area contributed by atoms with Gasteiger partial charge in [0.05, 0.1) is 0 Å². The summed E-state index contributed by atoms with van der Waals surface area (Å²) < 4.78 is 2.93. The van der Waals surface area contributed by atoms with Crippen molar-refractivity contribution in [3.8, 4) is 0 Å². The molecule has 0 spiro atoms. The zero-order valence-electron chi connectivity index (χ0n) is 7.78. The summed E-state index contributed by atoms with van der Waals surface area (Å²) in [7, 11) is 0. The van der Waals surface area contributed by atoms with E-state index in [1.807, 2.05) is 30.0 Å². The molecule has 2 nitrogen and oxygen atoms in total. The number of nitrogens with one attached hydrogen (secondary N) is 1. The lowest BCUT2D eigenvalue weighted by Gasteiger charge is -2.07. The van der Waals surface area contributed by atoms with E-state index >= 15 is 0 Å². The molecule has 0 bridgehead atoms. The van der Waals surface area contributed by atoms with Gasteiger partial charge in [-0.05, 0) is 42.5 Å². The van der Waals surface area contributed by atoms with Gasteiger partial charge in [0.15, 0.2) is 0 Å². The Balaban J connectivity index is 0.000000132. The molecule has 2 rings (SSSR count). The average molecular weight is 196 g/mol. The quantitative estimate of drug-likeness (QED) is 0.649. The van der Waals surface area contributed by atoms with Crippen molar-refractivity contribution in [1.82, 2.24) is 9.62 Å². The zero-order chi connectivity index (χ0) is 9.36. The summed E-state index contributed by atoms with van der Waals surface area (Å²) in [4.78, 5) is 2.25. The molecule has 1 saturated heterocycles. The highest BCUT2D eigenvalue weighted by Gasteiger charge is 2.04. The Labute approximate surface area is 84.5 Å². The van der Waals surface area contributed by atoms with Gasteiger partial charge in [-0.25, -0.2) is 0 Å². The summed E-state index contributed by atoms with van der Waals surface area (Å²) in [5.74, 6) is 0. The highest BCUT2D eigenvalue weighted by molar-refractivity contribution is 8.00. The fourth-order valence-corrected chi connectivity index (χ4v) is 1.59. The summed E-state index contributed by atoms with van der Waals surface area (Å²) in [5.41, 5.74) is 0. The predicted octanol–water partition coefficient (Wildman–Crippen LogP) is 2.49. The predicted molar refractivity (Wildman–Crippen MR) is 60.0 cm³/mol. The van der Waals surface area contributed by atoms with Crippen molar-refractivity contribution in [1.29, 1.82) is 0 Å². The molecule has 1 N–H and O–H groups in total. The Morgan fingerprint density at radius 2 is 2.08 bits per heavy atom. The Bertz CT molecular complexity index is 181. The van der Waals surface area contributed by atoms with Crippen molar-refractivity contribution in [2.75, 3.05) is 13.1 Å². The Hall–Kier alpha value is -0.830. The first-order valence-corrected chi connectivity index (χ1v) is 5.41. The van der Waals surface area contributed by atoms with Gasteiger partial charge < -0.3 is 9.62 Å². The van der Waals surface area contributed by atoms with Crippen LogP contribution in [-0.2, 0) is 0 Å². The van der Waals surface area contributed by atoms with E-state index in [1.54, 1.807) is 11.9 Å². The molecule has 0 saturated carbocycles. The molecule has 0 aromatic heterocycles. The number of rotatable bonds is 1. The minimum Gasteiger partial charge on any atom is -0.378 e. The molecular formula is C10H16N2S. The zero-order valence-corrected chi connectivity index (χ0v) is 8.59. The minimum atomic E-state index is 1.23. The Morgan fingerprint density at radius 1 is 1.31 bits per heavy atom. The van der Waals surface area contributed by atoms with Gasteiger partial charge in [0.2, 0.25) is 0 Å². The van der Waals surface area contributed by atoms with Crippen molar-refractivity contribution in [2.45, 2.75) is 12.8 Å². The molecule has 0 radical (unpaired) electrons. The van der Waals surface area contributed by atoms with Gasteiger partial charge in [-0.15, -0.1) is 0 Å². The van der Waals surface area contributed by atoms with Crippen LogP contribution in [0.5, 0.6) is 0 Å². The van der Waals surface area contributed by atoms with E-state index < -0.39 is 0 Å². The van der Waals surface area contributed by atoms with E-state index in [0.717, 1.165) is 0 Å². The second-order valence-corrected chi connectivity index (χ2v) is 3.59. The second kappa shape index (κ2) is 6.66. The summed E-state index contributed by atoms with van der Waals surface area (Å²) in [6.07, 6.45) is 10.5. The van der Waals surface area contributed by atoms with Crippen molar-refractivity contribution in [3.05, 3.63) is 36.5 Å². The third kappa shape index (κ3) is 4.68. The molecule has 0 amide bonds. The van der Waals surface area contributed by atoms with Crippen LogP contribution in [0, 0.1) is 0 Å². The monoisotopic (exact) mass is 196 g/mol. The number of hydrogen-bond donors (Lipinski definition) is 1. The standard InChI is InChI=1S/C6H11N.C4H5NS/c1-2-7-5-3-4-6-7;1-2-4-6-5-3-1/h2H,1,3-6H2;1-5H. The van der Waals surface area contributed by atoms with Gasteiger partial charge in [-0.1, -0.05) is 12.7 Å². The van der Waals surface area contributed by atoms with Gasteiger partial charge in [0.25, 0.3) is 0 Å². The SMILES string of the molecule is C1=CNSC=C1.C=CN1CCCC1. The lowest BCUT2D eigenvalue weighted by molar-refractivity contribution is 0.469. The van der Waals surface area contributed by atoms with Gasteiger partial charge in [-0.2, -0.15) is 0 Å².